The highest BCUT2D eigenvalue weighted by molar-refractivity contribution is 7.92. The third-order valence-corrected chi connectivity index (χ3v) is 4.56. The SMILES string of the molecule is Cc1ccc(S(=O)(=O)Nc2c(C)n[nH]c2C)cc1CN. The lowest BCUT2D eigenvalue weighted by Crippen LogP contribution is -2.15. The van der Waals surface area contributed by atoms with Crippen molar-refractivity contribution in [2.75, 3.05) is 4.72 Å². The summed E-state index contributed by atoms with van der Waals surface area (Å²) in [6.45, 7) is 5.70. The number of anilines is 1. The monoisotopic (exact) mass is 294 g/mol. The zero-order chi connectivity index (χ0) is 14.9. The fourth-order valence-electron chi connectivity index (χ4n) is 1.93. The van der Waals surface area contributed by atoms with E-state index in [9.17, 15) is 8.42 Å². The van der Waals surface area contributed by atoms with Gasteiger partial charge in [-0.1, -0.05) is 6.07 Å². The van der Waals surface area contributed by atoms with Crippen molar-refractivity contribution in [3.8, 4) is 0 Å². The molecule has 0 aliphatic carbocycles. The highest BCUT2D eigenvalue weighted by Crippen LogP contribution is 2.22. The number of benzene rings is 1. The topological polar surface area (TPSA) is 101 Å². The molecular formula is C13H18N4O2S. The second-order valence-electron chi connectivity index (χ2n) is 4.71. The smallest absolute Gasteiger partial charge is 0.262 e. The minimum Gasteiger partial charge on any atom is -0.326 e. The summed E-state index contributed by atoms with van der Waals surface area (Å²) < 4.78 is 27.3. The Labute approximate surface area is 118 Å². The Morgan fingerprint density at radius 1 is 1.30 bits per heavy atom. The van der Waals surface area contributed by atoms with E-state index in [0.29, 0.717) is 23.6 Å². The standard InChI is InChI=1S/C13H18N4O2S/c1-8-4-5-12(6-11(8)7-14)20(18,19)17-13-9(2)15-16-10(13)3/h4-6,17H,7,14H2,1-3H3,(H,15,16). The molecule has 0 amide bonds. The van der Waals surface area contributed by atoms with Crippen LogP contribution in [0.25, 0.3) is 0 Å². The maximum Gasteiger partial charge on any atom is 0.262 e. The van der Waals surface area contributed by atoms with E-state index in [1.54, 1.807) is 32.0 Å². The van der Waals surface area contributed by atoms with Gasteiger partial charge < -0.3 is 5.73 Å². The van der Waals surface area contributed by atoms with Gasteiger partial charge in [-0.05, 0) is 44.0 Å². The molecule has 0 fully saturated rings. The number of aromatic nitrogens is 2. The van der Waals surface area contributed by atoms with Crippen LogP contribution in [0.1, 0.15) is 22.5 Å². The average Bonchev–Trinajstić information content (AvgIpc) is 2.70. The molecule has 2 aromatic rings. The van der Waals surface area contributed by atoms with Crippen molar-refractivity contribution < 1.29 is 8.42 Å². The van der Waals surface area contributed by atoms with Gasteiger partial charge in [0, 0.05) is 6.54 Å². The molecule has 1 aromatic carbocycles. The normalized spacial score (nSPS) is 11.6. The molecule has 0 bridgehead atoms. The first-order chi connectivity index (χ1) is 9.35. The highest BCUT2D eigenvalue weighted by atomic mass is 32.2. The fraction of sp³-hybridized carbons (Fsp3) is 0.308. The van der Waals surface area contributed by atoms with Crippen LogP contribution in [0, 0.1) is 20.8 Å². The van der Waals surface area contributed by atoms with Crippen molar-refractivity contribution in [2.45, 2.75) is 32.2 Å². The number of nitrogens with one attached hydrogen (secondary N) is 2. The van der Waals surface area contributed by atoms with Gasteiger partial charge in [-0.3, -0.25) is 9.82 Å². The number of rotatable bonds is 4. The molecular weight excluding hydrogens is 276 g/mol. The maximum absolute atomic E-state index is 12.4. The molecule has 6 nitrogen and oxygen atoms in total. The molecule has 0 unspecified atom stereocenters. The lowest BCUT2D eigenvalue weighted by atomic mass is 10.1. The molecule has 0 atom stereocenters. The number of aromatic amines is 1. The molecule has 20 heavy (non-hydrogen) atoms. The van der Waals surface area contributed by atoms with Crippen molar-refractivity contribution in [3.63, 3.8) is 0 Å². The van der Waals surface area contributed by atoms with Crippen LogP contribution in [0.4, 0.5) is 5.69 Å². The Kier molecular flexibility index (Phi) is 3.82. The van der Waals surface area contributed by atoms with Gasteiger partial charge in [0.25, 0.3) is 10.0 Å². The van der Waals surface area contributed by atoms with Gasteiger partial charge in [-0.15, -0.1) is 0 Å². The van der Waals surface area contributed by atoms with Crippen molar-refractivity contribution in [2.24, 2.45) is 5.73 Å². The van der Waals surface area contributed by atoms with Gasteiger partial charge in [0.15, 0.2) is 0 Å². The molecule has 0 aliphatic heterocycles. The summed E-state index contributed by atoms with van der Waals surface area (Å²) in [6.07, 6.45) is 0. The lowest BCUT2D eigenvalue weighted by molar-refractivity contribution is 0.601. The zero-order valence-corrected chi connectivity index (χ0v) is 12.5. The largest absolute Gasteiger partial charge is 0.326 e. The molecule has 0 radical (unpaired) electrons. The molecule has 7 heteroatoms. The maximum atomic E-state index is 12.4. The van der Waals surface area contributed by atoms with Crippen LogP contribution in [-0.4, -0.2) is 18.6 Å². The summed E-state index contributed by atoms with van der Waals surface area (Å²) in [6, 6.07) is 4.93. The zero-order valence-electron chi connectivity index (χ0n) is 11.7. The molecule has 0 saturated heterocycles. The number of hydrogen-bond acceptors (Lipinski definition) is 4. The first-order valence-electron chi connectivity index (χ1n) is 6.19. The molecule has 0 spiro atoms. The lowest BCUT2D eigenvalue weighted by Gasteiger charge is -2.10. The minimum absolute atomic E-state index is 0.198. The Morgan fingerprint density at radius 3 is 2.55 bits per heavy atom. The molecule has 1 aromatic heterocycles. The van der Waals surface area contributed by atoms with Crippen molar-refractivity contribution in [1.29, 1.82) is 0 Å². The predicted molar refractivity (Wildman–Crippen MR) is 77.9 cm³/mol. The average molecular weight is 294 g/mol. The van der Waals surface area contributed by atoms with E-state index in [1.807, 2.05) is 6.92 Å². The van der Waals surface area contributed by atoms with Crippen LogP contribution >= 0.6 is 0 Å². The van der Waals surface area contributed by atoms with E-state index in [1.165, 1.54) is 0 Å². The molecule has 108 valence electrons. The van der Waals surface area contributed by atoms with E-state index >= 15 is 0 Å². The Bertz CT molecular complexity index is 715. The van der Waals surface area contributed by atoms with Gasteiger partial charge >= 0.3 is 0 Å². The Morgan fingerprint density at radius 2 is 2.00 bits per heavy atom. The van der Waals surface area contributed by atoms with Crippen molar-refractivity contribution in [3.05, 3.63) is 40.7 Å². The van der Waals surface area contributed by atoms with Crippen LogP contribution in [-0.2, 0) is 16.6 Å². The molecule has 0 saturated carbocycles. The van der Waals surface area contributed by atoms with E-state index in [2.05, 4.69) is 14.9 Å². The number of nitrogens with two attached hydrogens (primary N) is 1. The fourth-order valence-corrected chi connectivity index (χ4v) is 3.16. The first-order valence-corrected chi connectivity index (χ1v) is 7.67. The highest BCUT2D eigenvalue weighted by Gasteiger charge is 2.18. The van der Waals surface area contributed by atoms with Crippen molar-refractivity contribution in [1.82, 2.24) is 10.2 Å². The second-order valence-corrected chi connectivity index (χ2v) is 6.39. The molecule has 1 heterocycles. The molecule has 0 aliphatic rings. The van der Waals surface area contributed by atoms with Gasteiger partial charge in [0.05, 0.1) is 22.0 Å². The third kappa shape index (κ3) is 2.68. The minimum atomic E-state index is -3.64. The van der Waals surface area contributed by atoms with E-state index in [-0.39, 0.29) is 4.90 Å². The van der Waals surface area contributed by atoms with Crippen LogP contribution < -0.4 is 10.5 Å². The van der Waals surface area contributed by atoms with Gasteiger partial charge in [-0.25, -0.2) is 8.42 Å². The van der Waals surface area contributed by atoms with Crippen LogP contribution in [0.2, 0.25) is 0 Å². The van der Waals surface area contributed by atoms with Gasteiger partial charge in [0.1, 0.15) is 0 Å². The summed E-state index contributed by atoms with van der Waals surface area (Å²) in [4.78, 5) is 0.198. The van der Waals surface area contributed by atoms with Crippen LogP contribution in [0.3, 0.4) is 0 Å². The Balaban J connectivity index is 2.41. The van der Waals surface area contributed by atoms with Crippen LogP contribution in [0.5, 0.6) is 0 Å². The summed E-state index contributed by atoms with van der Waals surface area (Å²) in [5, 5.41) is 6.72. The number of hydrogen-bond donors (Lipinski definition) is 3. The van der Waals surface area contributed by atoms with Crippen LogP contribution in [0.15, 0.2) is 23.1 Å². The molecule has 4 N–H and O–H groups in total. The number of nitrogens with zero attached hydrogens (tertiary/aromatic N) is 1. The summed E-state index contributed by atoms with van der Waals surface area (Å²) >= 11 is 0. The quantitative estimate of drug-likeness (QED) is 0.797. The van der Waals surface area contributed by atoms with E-state index in [0.717, 1.165) is 11.1 Å². The van der Waals surface area contributed by atoms with Gasteiger partial charge in [-0.2, -0.15) is 5.10 Å². The van der Waals surface area contributed by atoms with Crippen molar-refractivity contribution >= 4 is 15.7 Å². The third-order valence-electron chi connectivity index (χ3n) is 3.22. The Hall–Kier alpha value is -1.86. The predicted octanol–water partition coefficient (Wildman–Crippen LogP) is 1.59. The summed E-state index contributed by atoms with van der Waals surface area (Å²) in [7, 11) is -3.64. The second kappa shape index (κ2) is 5.26. The number of H-pyrrole nitrogens is 1. The molecule has 2 rings (SSSR count). The number of aryl methyl sites for hydroxylation is 3. The van der Waals surface area contributed by atoms with Gasteiger partial charge in [0.2, 0.25) is 0 Å². The summed E-state index contributed by atoms with van der Waals surface area (Å²) in [5.41, 5.74) is 9.18. The van der Waals surface area contributed by atoms with E-state index in [4.69, 9.17) is 5.73 Å². The number of sulfonamides is 1. The first kappa shape index (κ1) is 14.5. The summed E-state index contributed by atoms with van der Waals surface area (Å²) in [5.74, 6) is 0. The van der Waals surface area contributed by atoms with E-state index < -0.39 is 10.0 Å².